The van der Waals surface area contributed by atoms with Crippen molar-refractivity contribution >= 4 is 56.8 Å². The number of hydrogen-bond donors (Lipinski definition) is 3. The van der Waals surface area contributed by atoms with E-state index in [1.165, 1.54) is 57.6 Å². The van der Waals surface area contributed by atoms with Gasteiger partial charge in [-0.25, -0.2) is 4.39 Å². The van der Waals surface area contributed by atoms with Gasteiger partial charge < -0.3 is 54.0 Å². The van der Waals surface area contributed by atoms with Crippen LogP contribution in [-0.2, 0) is 144 Å². The molecule has 3 N–H and O–H groups in total. The van der Waals surface area contributed by atoms with Gasteiger partial charge in [0.1, 0.15) is 23.8 Å². The van der Waals surface area contributed by atoms with Crippen LogP contribution in [0.2, 0.25) is 0 Å². The van der Waals surface area contributed by atoms with Crippen LogP contribution in [0.1, 0.15) is 214 Å². The minimum absolute atomic E-state index is 0. The van der Waals surface area contributed by atoms with Crippen LogP contribution in [0.15, 0.2) is 218 Å². The molecule has 0 spiro atoms. The smallest absolute Gasteiger partial charge is 0.497 e. The second kappa shape index (κ2) is 59.9. The van der Waals surface area contributed by atoms with Crippen LogP contribution in [-0.4, -0.2) is 188 Å². The third-order valence-electron chi connectivity index (χ3n) is 24.3. The molecule has 2 aliphatic heterocycles. The van der Waals surface area contributed by atoms with E-state index >= 15 is 0 Å². The number of nitrogens with zero attached hydrogens (tertiary/aromatic N) is 8. The number of Topliss-reactive ketones (excluding diaryl/α,β-unsaturated/α-hetero) is 1. The van der Waals surface area contributed by atoms with Crippen molar-refractivity contribution in [3.05, 3.63) is 274 Å². The molecule has 4 aromatic carbocycles. The van der Waals surface area contributed by atoms with E-state index in [4.69, 9.17) is 45.8 Å². The molecule has 0 bridgehead atoms. The minimum atomic E-state index is -3.11. The van der Waals surface area contributed by atoms with Crippen LogP contribution in [0.25, 0.3) is 5.57 Å². The molecule has 3 amide bonds. The van der Waals surface area contributed by atoms with Gasteiger partial charge in [-0.2, -0.15) is 4.58 Å². The molecule has 136 heavy (non-hydrogen) atoms. The average Bonchev–Trinajstić information content (AvgIpc) is 1.59. The van der Waals surface area contributed by atoms with Gasteiger partial charge in [0.25, 0.3) is 5.91 Å². The Bertz CT molecular complexity index is 5110. The van der Waals surface area contributed by atoms with E-state index in [0.29, 0.717) is 131 Å². The number of carbonyl (C=O) groups excluding carboxylic acids is 4. The maximum atomic E-state index is 14.0. The fourth-order valence-corrected chi connectivity index (χ4v) is 17.3. The monoisotopic (exact) mass is 1980 g/mol. The number of carbonyl (C=O) groups is 4. The quantitative estimate of drug-likeness (QED) is 0.0181. The van der Waals surface area contributed by atoms with Gasteiger partial charge in [0.2, 0.25) is 17.5 Å². The molecule has 0 fully saturated rings. The number of methoxy groups -OCH3 is 2. The van der Waals surface area contributed by atoms with E-state index in [1.807, 2.05) is 73.3 Å². The van der Waals surface area contributed by atoms with Crippen molar-refractivity contribution in [3.8, 4) is 17.2 Å². The normalized spacial score (nSPS) is 14.6. The number of amides is 3. The molecule has 1 unspecified atom stereocenters. The zero-order valence-electron chi connectivity index (χ0n) is 81.4. The van der Waals surface area contributed by atoms with Gasteiger partial charge in [-0.05, 0) is 239 Å². The first kappa shape index (κ1) is 111. The molecule has 1 aliphatic carbocycles. The fourth-order valence-electron chi connectivity index (χ4n) is 17.3. The van der Waals surface area contributed by atoms with Crippen LogP contribution in [0, 0.1) is 0 Å². The van der Waals surface area contributed by atoms with Crippen LogP contribution < -0.4 is 35.1 Å². The number of anilines is 1. The summed E-state index contributed by atoms with van der Waals surface area (Å²) in [6.07, 6.45) is 28.0. The Morgan fingerprint density at radius 2 is 1.07 bits per heavy atom. The Balaban J connectivity index is 0.00000371. The van der Waals surface area contributed by atoms with Crippen LogP contribution in [0.5, 0.6) is 17.2 Å². The summed E-state index contributed by atoms with van der Waals surface area (Å²) in [6, 6.07) is 51.5. The number of rotatable bonds is 58. The molecule has 6 heterocycles. The molecule has 3 aliphatic rings. The molecule has 2 atom stereocenters. The molecular formula is C107H139FN11O14SZn2+5. The van der Waals surface area contributed by atoms with Crippen molar-refractivity contribution in [2.45, 2.75) is 226 Å². The van der Waals surface area contributed by atoms with Crippen molar-refractivity contribution in [2.75, 3.05) is 105 Å². The number of alkyl halides is 1. The summed E-state index contributed by atoms with van der Waals surface area (Å²) < 4.78 is 82.7. The Morgan fingerprint density at radius 3 is 1.62 bits per heavy atom. The molecule has 0 saturated carbocycles. The third-order valence-corrected chi connectivity index (χ3v) is 24.3. The zero-order valence-corrected chi connectivity index (χ0v) is 88.1. The van der Waals surface area contributed by atoms with Gasteiger partial charge in [-0.1, -0.05) is 107 Å². The number of unbranched alkanes of at least 4 members (excludes halogenated alkanes) is 5. The topological polar surface area (TPSA) is 284 Å². The Hall–Kier alpha value is -10.1. The summed E-state index contributed by atoms with van der Waals surface area (Å²) >= 11 is 0. The number of aromatic nitrogens is 4. The molecular weight excluding hydrogens is 1840 g/mol. The number of hydrogen-bond acceptors (Lipinski definition) is 21. The van der Waals surface area contributed by atoms with Crippen LogP contribution in [0.3, 0.4) is 0 Å². The van der Waals surface area contributed by atoms with Crippen LogP contribution >= 0.6 is 0 Å². The van der Waals surface area contributed by atoms with Crippen LogP contribution in [0.4, 0.5) is 15.8 Å². The van der Waals surface area contributed by atoms with Gasteiger partial charge in [-0.3, -0.25) is 48.9 Å². The summed E-state index contributed by atoms with van der Waals surface area (Å²) in [7, 11) is 0.358. The Labute approximate surface area is 831 Å². The first-order valence-corrected chi connectivity index (χ1v) is 48.6. The molecule has 8 aromatic rings. The molecule has 4 aromatic heterocycles. The van der Waals surface area contributed by atoms with Crippen molar-refractivity contribution < 1.29 is 113 Å². The van der Waals surface area contributed by atoms with Gasteiger partial charge in [0.15, 0.2) is 17.7 Å². The minimum Gasteiger partial charge on any atom is -0.497 e. The van der Waals surface area contributed by atoms with E-state index in [-0.39, 0.29) is 99.8 Å². The largest absolute Gasteiger partial charge is 2.00 e. The van der Waals surface area contributed by atoms with Crippen molar-refractivity contribution in [3.63, 3.8) is 0 Å². The predicted molar refractivity (Wildman–Crippen MR) is 523 cm³/mol. The van der Waals surface area contributed by atoms with E-state index in [1.54, 1.807) is 14.2 Å². The SMILES string of the molecule is CCCCC[N+]1=C(/C=C/C2=C(c3ccc(CCC(=O)N[C@@H](CCCCNC(=O)C(C)[18F])C(=O)CCCOCCOCCOCCOCCC(=O)NCCCCOc4cc(CN(Cc5ccccn5)Cc5ccccn5)cc(CN(Cc5ccccn5)Cc5ccccn5)c4)cc3)C(=C/C=C3/N(CCCC)c4ccc(OC)cc4C3(C)C)/CCC2)C(C)(C)c2cc(OC)ccc21.O=S(=O)=O.[Zn+2].[Zn+2]. The molecule has 29 heteroatoms. The maximum Gasteiger partial charge on any atom is 2.00 e. The van der Waals surface area contributed by atoms with Crippen molar-refractivity contribution in [1.82, 2.24) is 45.7 Å². The Kier molecular flexibility index (Phi) is 49.0. The number of fused-ring (bicyclic) bond motifs is 2. The van der Waals surface area contributed by atoms with E-state index in [0.717, 1.165) is 140 Å². The summed E-state index contributed by atoms with van der Waals surface area (Å²) in [5.41, 5.74) is 19.0. The number of allylic oxidation sites excluding steroid dienone is 8. The second-order valence-electron chi connectivity index (χ2n) is 35.3. The third kappa shape index (κ3) is 36.4. The molecule has 11 rings (SSSR count). The van der Waals surface area contributed by atoms with E-state index in [2.05, 4.69) is 224 Å². The van der Waals surface area contributed by atoms with Crippen molar-refractivity contribution in [2.24, 2.45) is 0 Å². The van der Waals surface area contributed by atoms with Crippen molar-refractivity contribution in [1.29, 1.82) is 0 Å². The maximum absolute atomic E-state index is 14.0. The molecule has 0 saturated heterocycles. The summed E-state index contributed by atoms with van der Waals surface area (Å²) in [6.45, 7) is 24.6. The number of ketones is 1. The zero-order chi connectivity index (χ0) is 95.3. The summed E-state index contributed by atoms with van der Waals surface area (Å²) in [4.78, 5) is 78.6. The molecule has 25 nitrogen and oxygen atoms in total. The standard InChI is InChI=1S/C107H138FN11O11.O3S.2Zn/c1-10-12-25-59-119-98-47-45-92(125-9)73-95(98)107(6,7)101(119)49-43-85-30-27-29-84(42-48-100-106(4,5)94-72-91(124-8)44-46-97(94)118(100)58-13-11-2)104(85)86-40-37-81(38-41-86)39-50-103(122)115-96(35-18-23-57-114-105(123)80(3)108)99(120)36-28-60-126-63-65-128-67-68-129-66-64-127-62-51-102(121)113-56-24-26-61-130-93-70-82(74-116(76-87-31-14-19-52-109-87)77-88-32-15-20-53-110-88)69-83(71-93)75-117(78-89-33-16-21-54-111-89)79-90-34-17-22-55-112-90;1-4(2)3;;/h14-17,19-22,31-34,37-38,40-49,52-55,69-73,80,96H,10-13,18,23-30,35-36,39,50-51,56-68,74-79H2,1-9H3,(H2-,113,114,115,121,122,123);;;/q;;2*+2/p+1/t80?,96-;;;/m0.../s1/i108-1;;;. The Morgan fingerprint density at radius 1 is 0.529 bits per heavy atom. The van der Waals surface area contributed by atoms with E-state index < -0.39 is 28.7 Å². The number of pyridine rings is 4. The molecule has 718 valence electrons. The number of ether oxygens (including phenoxy) is 7. The second-order valence-corrected chi connectivity index (χ2v) is 35.7. The summed E-state index contributed by atoms with van der Waals surface area (Å²) in [5, 5.41) is 8.71. The predicted octanol–water partition coefficient (Wildman–Crippen LogP) is 17.7. The van der Waals surface area contributed by atoms with Gasteiger partial charge >= 0.3 is 49.6 Å². The van der Waals surface area contributed by atoms with E-state index in [9.17, 15) is 23.6 Å². The van der Waals surface area contributed by atoms with Gasteiger partial charge in [0, 0.05) is 150 Å². The van der Waals surface area contributed by atoms with Gasteiger partial charge in [0.05, 0.1) is 101 Å². The molecule has 0 radical (unpaired) electrons. The number of benzene rings is 4. The van der Waals surface area contributed by atoms with Gasteiger partial charge in [-0.15, -0.1) is 12.6 Å². The average molecular weight is 1980 g/mol. The first-order chi connectivity index (χ1) is 65.0. The number of nitrogens with one attached hydrogen (secondary N) is 3. The number of aryl methyl sites for hydroxylation is 1. The first-order valence-electron chi connectivity index (χ1n) is 47.6. The number of halogens is 1. The summed E-state index contributed by atoms with van der Waals surface area (Å²) in [5.74, 6) is 1.41. The fraction of sp³-hybridized carbons (Fsp3) is 0.467.